The lowest BCUT2D eigenvalue weighted by molar-refractivity contribution is 0.0523. The number of carbonyl (C=O) groups is 1. The zero-order valence-electron chi connectivity index (χ0n) is 17.6. The Labute approximate surface area is 177 Å². The van der Waals surface area contributed by atoms with Crippen LogP contribution < -0.4 is 0 Å². The van der Waals surface area contributed by atoms with Crippen LogP contribution >= 0.6 is 0 Å². The minimum absolute atomic E-state index is 0.122. The minimum Gasteiger partial charge on any atom is -0.336 e. The summed E-state index contributed by atoms with van der Waals surface area (Å²) in [6.07, 6.45) is 8.52. The first-order valence-electron chi connectivity index (χ1n) is 11.1. The molecule has 0 spiro atoms. The number of benzene rings is 1. The fourth-order valence-electron chi connectivity index (χ4n) is 4.99. The number of aryl methyl sites for hydroxylation is 1. The summed E-state index contributed by atoms with van der Waals surface area (Å²) in [5.74, 6) is 0.956. The Kier molecular flexibility index (Phi) is 5.25. The van der Waals surface area contributed by atoms with E-state index in [1.807, 2.05) is 52.9 Å². The molecule has 0 atom stereocenters. The van der Waals surface area contributed by atoms with E-state index in [0.29, 0.717) is 0 Å². The molecule has 2 fully saturated rings. The molecule has 1 amide bonds. The van der Waals surface area contributed by atoms with Crippen LogP contribution in [-0.4, -0.2) is 62.5 Å². The van der Waals surface area contributed by atoms with Gasteiger partial charge in [-0.1, -0.05) is 31.4 Å². The van der Waals surface area contributed by atoms with Crippen LogP contribution in [0.4, 0.5) is 0 Å². The molecule has 0 radical (unpaired) electrons. The van der Waals surface area contributed by atoms with E-state index in [9.17, 15) is 4.79 Å². The lowest BCUT2D eigenvalue weighted by Gasteiger charge is -2.40. The molecule has 0 N–H and O–H groups in total. The molecule has 1 aliphatic heterocycles. The molecular weight excluding hydrogens is 374 g/mol. The third-order valence-electron chi connectivity index (χ3n) is 6.69. The number of fused-ring (bicyclic) bond motifs is 1. The Morgan fingerprint density at radius 3 is 2.57 bits per heavy atom. The van der Waals surface area contributed by atoms with Gasteiger partial charge in [0.15, 0.2) is 5.65 Å². The van der Waals surface area contributed by atoms with E-state index in [2.05, 4.69) is 9.88 Å². The van der Waals surface area contributed by atoms with Gasteiger partial charge in [-0.05, 0) is 37.1 Å². The molecule has 156 valence electrons. The summed E-state index contributed by atoms with van der Waals surface area (Å²) < 4.78 is 1.99. The predicted molar refractivity (Wildman–Crippen MR) is 118 cm³/mol. The molecule has 0 bridgehead atoms. The largest absolute Gasteiger partial charge is 0.336 e. The van der Waals surface area contributed by atoms with Crippen LogP contribution in [0.2, 0.25) is 0 Å². The average Bonchev–Trinajstić information content (AvgIpc) is 3.16. The molecule has 0 unspecified atom stereocenters. The Morgan fingerprint density at radius 2 is 1.80 bits per heavy atom. The highest BCUT2D eigenvalue weighted by Crippen LogP contribution is 2.25. The van der Waals surface area contributed by atoms with Crippen LogP contribution in [0.25, 0.3) is 22.6 Å². The lowest BCUT2D eigenvalue weighted by atomic mass is 9.94. The van der Waals surface area contributed by atoms with Gasteiger partial charge in [-0.3, -0.25) is 9.69 Å². The zero-order chi connectivity index (χ0) is 20.5. The third-order valence-corrected chi connectivity index (χ3v) is 6.69. The van der Waals surface area contributed by atoms with Crippen LogP contribution in [0.15, 0.2) is 42.6 Å². The quantitative estimate of drug-likeness (QED) is 0.669. The van der Waals surface area contributed by atoms with E-state index in [1.54, 1.807) is 6.20 Å². The maximum atomic E-state index is 13.2. The van der Waals surface area contributed by atoms with Crippen molar-refractivity contribution in [2.45, 2.75) is 38.1 Å². The third kappa shape index (κ3) is 3.60. The lowest BCUT2D eigenvalue weighted by Crippen LogP contribution is -2.52. The second-order valence-corrected chi connectivity index (χ2v) is 8.54. The van der Waals surface area contributed by atoms with Gasteiger partial charge in [-0.15, -0.1) is 0 Å². The van der Waals surface area contributed by atoms with Gasteiger partial charge in [-0.2, -0.15) is 0 Å². The van der Waals surface area contributed by atoms with E-state index in [-0.39, 0.29) is 5.91 Å². The van der Waals surface area contributed by atoms with Crippen LogP contribution in [0.1, 0.15) is 42.5 Å². The van der Waals surface area contributed by atoms with E-state index in [1.165, 1.54) is 32.1 Å². The second kappa shape index (κ2) is 8.19. The molecule has 3 heterocycles. The van der Waals surface area contributed by atoms with Crippen molar-refractivity contribution in [1.29, 1.82) is 0 Å². The normalized spacial score (nSPS) is 18.8. The average molecular weight is 404 g/mol. The summed E-state index contributed by atoms with van der Waals surface area (Å²) in [4.78, 5) is 27.0. The fraction of sp³-hybridized carbons (Fsp3) is 0.458. The van der Waals surface area contributed by atoms with Gasteiger partial charge in [-0.25, -0.2) is 9.97 Å². The smallest absolute Gasteiger partial charge is 0.253 e. The number of pyridine rings is 1. The molecule has 5 rings (SSSR count). The number of piperazine rings is 1. The van der Waals surface area contributed by atoms with Crippen LogP contribution in [-0.2, 0) is 7.05 Å². The molecule has 3 aromatic rings. The number of hydrogen-bond acceptors (Lipinski definition) is 4. The summed E-state index contributed by atoms with van der Waals surface area (Å²) in [5, 5.41) is 0. The highest BCUT2D eigenvalue weighted by atomic mass is 16.2. The van der Waals surface area contributed by atoms with Crippen molar-refractivity contribution in [2.75, 3.05) is 26.2 Å². The highest BCUT2D eigenvalue weighted by Gasteiger charge is 2.27. The molecule has 30 heavy (non-hydrogen) atoms. The standard InChI is InChI=1S/C24H29N5O/c1-27-22(26-21-11-6-12-25-23(21)27)18-7-5-8-19(17-18)24(30)29-15-13-28(14-16-29)20-9-3-2-4-10-20/h5-8,11-12,17,20H,2-4,9-10,13-16H2,1H3. The van der Waals surface area contributed by atoms with Gasteiger partial charge in [0, 0.05) is 56.6 Å². The molecular formula is C24H29N5O. The number of rotatable bonds is 3. The number of hydrogen-bond donors (Lipinski definition) is 0. The fourth-order valence-corrected chi connectivity index (χ4v) is 4.99. The number of aromatic nitrogens is 3. The van der Waals surface area contributed by atoms with Crippen molar-refractivity contribution in [1.82, 2.24) is 24.3 Å². The van der Waals surface area contributed by atoms with Gasteiger partial charge < -0.3 is 9.47 Å². The SMILES string of the molecule is Cn1c(-c2cccc(C(=O)N3CCN(C4CCCCC4)CC3)c2)nc2cccnc21. The second-order valence-electron chi connectivity index (χ2n) is 8.54. The topological polar surface area (TPSA) is 54.3 Å². The molecule has 1 aliphatic carbocycles. The van der Waals surface area contributed by atoms with Gasteiger partial charge >= 0.3 is 0 Å². The van der Waals surface area contributed by atoms with Crippen LogP contribution in [0.3, 0.4) is 0 Å². The predicted octanol–water partition coefficient (Wildman–Crippen LogP) is 3.73. The zero-order valence-corrected chi connectivity index (χ0v) is 17.6. The molecule has 1 saturated carbocycles. The van der Waals surface area contributed by atoms with Crippen molar-refractivity contribution >= 4 is 17.1 Å². The van der Waals surface area contributed by atoms with Gasteiger partial charge in [0.25, 0.3) is 5.91 Å². The van der Waals surface area contributed by atoms with Gasteiger partial charge in [0.1, 0.15) is 11.3 Å². The van der Waals surface area contributed by atoms with Crippen molar-refractivity contribution in [3.8, 4) is 11.4 Å². The van der Waals surface area contributed by atoms with E-state index >= 15 is 0 Å². The summed E-state index contributed by atoms with van der Waals surface area (Å²) >= 11 is 0. The van der Waals surface area contributed by atoms with Gasteiger partial charge in [0.2, 0.25) is 0 Å². The van der Waals surface area contributed by atoms with E-state index in [4.69, 9.17) is 4.98 Å². The summed E-state index contributed by atoms with van der Waals surface area (Å²) in [7, 11) is 1.97. The molecule has 2 aliphatic rings. The Bertz CT molecular complexity index is 1040. The van der Waals surface area contributed by atoms with Crippen molar-refractivity contribution in [3.63, 3.8) is 0 Å². The molecule has 6 heteroatoms. The number of carbonyl (C=O) groups excluding carboxylic acids is 1. The van der Waals surface area contributed by atoms with Crippen molar-refractivity contribution in [2.24, 2.45) is 7.05 Å². The van der Waals surface area contributed by atoms with Crippen LogP contribution in [0.5, 0.6) is 0 Å². The Hall–Kier alpha value is -2.73. The number of nitrogens with zero attached hydrogens (tertiary/aromatic N) is 5. The van der Waals surface area contributed by atoms with E-state index < -0.39 is 0 Å². The van der Waals surface area contributed by atoms with Crippen molar-refractivity contribution in [3.05, 3.63) is 48.2 Å². The monoisotopic (exact) mass is 403 g/mol. The first-order valence-corrected chi connectivity index (χ1v) is 11.1. The van der Waals surface area contributed by atoms with Crippen molar-refractivity contribution < 1.29 is 4.79 Å². The molecule has 6 nitrogen and oxygen atoms in total. The first-order chi connectivity index (χ1) is 14.7. The van der Waals surface area contributed by atoms with E-state index in [0.717, 1.165) is 60.3 Å². The van der Waals surface area contributed by atoms with Gasteiger partial charge in [0.05, 0.1) is 0 Å². The summed E-state index contributed by atoms with van der Waals surface area (Å²) in [6, 6.07) is 12.4. The summed E-state index contributed by atoms with van der Waals surface area (Å²) in [6.45, 7) is 3.62. The Morgan fingerprint density at radius 1 is 1.00 bits per heavy atom. The minimum atomic E-state index is 0.122. The Balaban J connectivity index is 1.31. The molecule has 1 aromatic carbocycles. The molecule has 1 saturated heterocycles. The highest BCUT2D eigenvalue weighted by molar-refractivity contribution is 5.95. The maximum Gasteiger partial charge on any atom is 0.253 e. The number of amides is 1. The summed E-state index contributed by atoms with van der Waals surface area (Å²) in [5.41, 5.74) is 3.40. The maximum absolute atomic E-state index is 13.2. The van der Waals surface area contributed by atoms with Crippen LogP contribution in [0, 0.1) is 0 Å². The molecule has 2 aromatic heterocycles. The number of imidazole rings is 1. The first kappa shape index (κ1) is 19.2.